The lowest BCUT2D eigenvalue weighted by atomic mass is 10.1. The van der Waals surface area contributed by atoms with Gasteiger partial charge in [0.05, 0.1) is 0 Å². The van der Waals surface area contributed by atoms with Crippen molar-refractivity contribution in [1.82, 2.24) is 0 Å². The van der Waals surface area contributed by atoms with Gasteiger partial charge in [-0.15, -0.1) is 0 Å². The maximum absolute atomic E-state index is 10.2. The molecule has 1 aromatic carbocycles. The van der Waals surface area contributed by atoms with Crippen LogP contribution in [-0.2, 0) is 0 Å². The monoisotopic (exact) mass is 191 g/mol. The number of hydrogen-bond acceptors (Lipinski definition) is 2. The summed E-state index contributed by atoms with van der Waals surface area (Å²) in [5, 5.41) is 10.2. The smallest absolute Gasteiger partial charge is 0.209 e. The third kappa shape index (κ3) is 3.85. The fourth-order valence-corrected chi connectivity index (χ4v) is 1.14. The molecule has 0 amide bonds. The molecule has 74 valence electrons. The van der Waals surface area contributed by atoms with E-state index in [-0.39, 0.29) is 17.4 Å². The first kappa shape index (κ1) is 10.4. The summed E-state index contributed by atoms with van der Waals surface area (Å²) in [4.78, 5) is 9.90. The van der Waals surface area contributed by atoms with E-state index in [2.05, 4.69) is 0 Å². The lowest BCUT2D eigenvalue weighted by molar-refractivity contribution is -0.485. The van der Waals surface area contributed by atoms with Crippen molar-refractivity contribution in [2.45, 2.75) is 6.92 Å². The summed E-state index contributed by atoms with van der Waals surface area (Å²) in [5.41, 5.74) is 1.07. The predicted molar refractivity (Wildman–Crippen MR) is 56.5 cm³/mol. The molecule has 0 bridgehead atoms. The Labute approximate surface area is 83.2 Å². The highest BCUT2D eigenvalue weighted by Gasteiger charge is 2.03. The normalized spacial score (nSPS) is 12.9. The number of hydrogen-bond donors (Lipinski definition) is 0. The molecular weight excluding hydrogens is 178 g/mol. The molecule has 0 N–H and O–H groups in total. The van der Waals surface area contributed by atoms with Crippen molar-refractivity contribution in [2.24, 2.45) is 5.92 Å². The lowest BCUT2D eigenvalue weighted by Crippen LogP contribution is -2.08. The number of benzene rings is 1. The van der Waals surface area contributed by atoms with E-state index >= 15 is 0 Å². The molecule has 0 saturated heterocycles. The van der Waals surface area contributed by atoms with Crippen molar-refractivity contribution in [1.29, 1.82) is 0 Å². The van der Waals surface area contributed by atoms with Crippen molar-refractivity contribution < 1.29 is 4.92 Å². The predicted octanol–water partition coefficient (Wildman–Crippen LogP) is 2.61. The summed E-state index contributed by atoms with van der Waals surface area (Å²) in [6.45, 7) is 1.82. The van der Waals surface area contributed by atoms with E-state index in [0.717, 1.165) is 5.56 Å². The first-order valence-electron chi connectivity index (χ1n) is 4.53. The Morgan fingerprint density at radius 1 is 1.43 bits per heavy atom. The zero-order chi connectivity index (χ0) is 10.4. The molecule has 0 aliphatic carbocycles. The van der Waals surface area contributed by atoms with Crippen LogP contribution >= 0.6 is 0 Å². The van der Waals surface area contributed by atoms with Crippen molar-refractivity contribution in [3.63, 3.8) is 0 Å². The van der Waals surface area contributed by atoms with Crippen LogP contribution in [0.3, 0.4) is 0 Å². The van der Waals surface area contributed by atoms with Gasteiger partial charge in [-0.05, 0) is 5.56 Å². The molecule has 3 heteroatoms. The zero-order valence-corrected chi connectivity index (χ0v) is 8.09. The van der Waals surface area contributed by atoms with Crippen LogP contribution in [0, 0.1) is 16.0 Å². The highest BCUT2D eigenvalue weighted by Crippen LogP contribution is 2.05. The van der Waals surface area contributed by atoms with Gasteiger partial charge < -0.3 is 0 Å². The van der Waals surface area contributed by atoms with E-state index in [1.54, 1.807) is 0 Å². The van der Waals surface area contributed by atoms with Crippen LogP contribution < -0.4 is 0 Å². The second-order valence-electron chi connectivity index (χ2n) is 3.26. The fourth-order valence-electron chi connectivity index (χ4n) is 1.14. The molecule has 0 radical (unpaired) electrons. The van der Waals surface area contributed by atoms with Crippen LogP contribution in [0.25, 0.3) is 6.08 Å². The van der Waals surface area contributed by atoms with Crippen molar-refractivity contribution >= 4 is 6.08 Å². The molecule has 0 heterocycles. The molecule has 0 aliphatic rings. The maximum Gasteiger partial charge on any atom is 0.209 e. The number of rotatable bonds is 4. The van der Waals surface area contributed by atoms with Gasteiger partial charge in [-0.1, -0.05) is 49.4 Å². The molecule has 0 spiro atoms. The molecule has 1 rings (SSSR count). The van der Waals surface area contributed by atoms with E-state index in [4.69, 9.17) is 0 Å². The molecule has 1 aromatic rings. The van der Waals surface area contributed by atoms with Crippen LogP contribution in [0.15, 0.2) is 36.4 Å². The summed E-state index contributed by atoms with van der Waals surface area (Å²) in [6, 6.07) is 9.76. The van der Waals surface area contributed by atoms with Crippen molar-refractivity contribution in [3.8, 4) is 0 Å². The molecule has 0 aromatic heterocycles. The maximum atomic E-state index is 10.2. The Balaban J connectivity index is 2.52. The second kappa shape index (κ2) is 5.17. The summed E-state index contributed by atoms with van der Waals surface area (Å²) >= 11 is 0. The van der Waals surface area contributed by atoms with E-state index in [1.807, 2.05) is 49.4 Å². The van der Waals surface area contributed by atoms with Gasteiger partial charge >= 0.3 is 0 Å². The summed E-state index contributed by atoms with van der Waals surface area (Å²) in [5.74, 6) is -0.0230. The third-order valence-electron chi connectivity index (χ3n) is 1.85. The van der Waals surface area contributed by atoms with Gasteiger partial charge in [0.25, 0.3) is 0 Å². The van der Waals surface area contributed by atoms with Gasteiger partial charge in [-0.25, -0.2) is 0 Å². The molecular formula is C11H13NO2. The van der Waals surface area contributed by atoms with Crippen LogP contribution in [0.4, 0.5) is 0 Å². The average Bonchev–Trinajstić information content (AvgIpc) is 2.15. The number of nitrogens with zero attached hydrogens (tertiary/aromatic N) is 1. The van der Waals surface area contributed by atoms with Gasteiger partial charge in [-0.2, -0.15) is 0 Å². The summed E-state index contributed by atoms with van der Waals surface area (Å²) < 4.78 is 0. The molecule has 0 aliphatic heterocycles. The molecule has 0 unspecified atom stereocenters. The lowest BCUT2D eigenvalue weighted by Gasteiger charge is -1.98. The van der Waals surface area contributed by atoms with Gasteiger partial charge in [0, 0.05) is 10.8 Å². The molecule has 3 nitrogen and oxygen atoms in total. The number of nitro groups is 1. The van der Waals surface area contributed by atoms with Crippen molar-refractivity contribution in [3.05, 3.63) is 52.1 Å². The Kier molecular flexibility index (Phi) is 3.85. The van der Waals surface area contributed by atoms with E-state index in [9.17, 15) is 10.1 Å². The Hall–Kier alpha value is -1.64. The average molecular weight is 191 g/mol. The zero-order valence-electron chi connectivity index (χ0n) is 8.09. The van der Waals surface area contributed by atoms with Crippen LogP contribution in [0.1, 0.15) is 12.5 Å². The largest absolute Gasteiger partial charge is 0.265 e. The first-order valence-corrected chi connectivity index (χ1v) is 4.53. The van der Waals surface area contributed by atoms with Crippen LogP contribution in [0.5, 0.6) is 0 Å². The summed E-state index contributed by atoms with van der Waals surface area (Å²) in [7, 11) is 0. The first-order chi connectivity index (χ1) is 6.68. The quantitative estimate of drug-likeness (QED) is 0.542. The van der Waals surface area contributed by atoms with Gasteiger partial charge in [-0.3, -0.25) is 10.1 Å². The summed E-state index contributed by atoms with van der Waals surface area (Å²) in [6.07, 6.45) is 3.77. The highest BCUT2D eigenvalue weighted by molar-refractivity contribution is 5.48. The molecule has 0 saturated carbocycles. The highest BCUT2D eigenvalue weighted by atomic mass is 16.6. The minimum absolute atomic E-state index is 0.0106. The van der Waals surface area contributed by atoms with E-state index < -0.39 is 0 Å². The Morgan fingerprint density at radius 2 is 2.07 bits per heavy atom. The molecule has 1 atom stereocenters. The molecule has 0 fully saturated rings. The van der Waals surface area contributed by atoms with Crippen LogP contribution in [0.2, 0.25) is 0 Å². The Morgan fingerprint density at radius 3 is 2.64 bits per heavy atom. The van der Waals surface area contributed by atoms with Crippen molar-refractivity contribution in [2.75, 3.05) is 6.54 Å². The minimum atomic E-state index is -0.292. The second-order valence-corrected chi connectivity index (χ2v) is 3.26. The van der Waals surface area contributed by atoms with Crippen LogP contribution in [-0.4, -0.2) is 11.5 Å². The fraction of sp³-hybridized carbons (Fsp3) is 0.273. The SMILES string of the molecule is C[C@@H](/C=C/c1ccccc1)C[N+](=O)[O-]. The van der Waals surface area contributed by atoms with E-state index in [0.29, 0.717) is 0 Å². The Bertz CT molecular complexity index is 319. The van der Waals surface area contributed by atoms with E-state index in [1.165, 1.54) is 0 Å². The van der Waals surface area contributed by atoms with Gasteiger partial charge in [0.2, 0.25) is 6.54 Å². The topological polar surface area (TPSA) is 43.1 Å². The van der Waals surface area contributed by atoms with Gasteiger partial charge in [0.1, 0.15) is 0 Å². The third-order valence-corrected chi connectivity index (χ3v) is 1.85. The minimum Gasteiger partial charge on any atom is -0.265 e. The van der Waals surface area contributed by atoms with Gasteiger partial charge in [0.15, 0.2) is 0 Å². The standard InChI is InChI=1S/C11H13NO2/c1-10(9-12(13)14)7-8-11-5-3-2-4-6-11/h2-8,10H,9H2,1H3/b8-7+/t10-/m0/s1. The molecule has 14 heavy (non-hydrogen) atoms.